The summed E-state index contributed by atoms with van der Waals surface area (Å²) in [7, 11) is 0. The Bertz CT molecular complexity index is 4230. The molecule has 6 aromatic heterocycles. The van der Waals surface area contributed by atoms with E-state index in [4.69, 9.17) is 60.6 Å². The summed E-state index contributed by atoms with van der Waals surface area (Å²) in [5, 5.41) is 22.7. The molecular formula is C68H78F2I3N15O10. The van der Waals surface area contributed by atoms with Crippen molar-refractivity contribution < 1.29 is 57.0 Å². The van der Waals surface area contributed by atoms with Crippen LogP contribution in [0.2, 0.25) is 0 Å². The molecule has 520 valence electrons. The van der Waals surface area contributed by atoms with Crippen molar-refractivity contribution >= 4 is 130 Å². The Balaban J connectivity index is 0.000000141. The van der Waals surface area contributed by atoms with Crippen LogP contribution in [-0.4, -0.2) is 121 Å². The number of anilines is 3. The van der Waals surface area contributed by atoms with Gasteiger partial charge in [0, 0.05) is 73.7 Å². The number of fused-ring (bicyclic) bond motifs is 6. The van der Waals surface area contributed by atoms with Gasteiger partial charge >= 0.3 is 12.2 Å². The van der Waals surface area contributed by atoms with E-state index in [1.54, 1.807) is 6.20 Å². The molecule has 0 amide bonds. The van der Waals surface area contributed by atoms with Crippen LogP contribution in [0.5, 0.6) is 34.5 Å². The third-order valence-electron chi connectivity index (χ3n) is 18.7. The number of benzene rings is 3. The number of nitrogens with zero attached hydrogens (tertiary/aromatic N) is 11. The summed E-state index contributed by atoms with van der Waals surface area (Å²) < 4.78 is 70.5. The summed E-state index contributed by atoms with van der Waals surface area (Å²) in [4.78, 5) is 58.1. The highest BCUT2D eigenvalue weighted by molar-refractivity contribution is 14.1. The van der Waals surface area contributed by atoms with Crippen LogP contribution in [0.1, 0.15) is 132 Å². The van der Waals surface area contributed by atoms with Crippen LogP contribution < -0.4 is 50.9 Å². The Morgan fingerprint density at radius 1 is 0.561 bits per heavy atom. The number of hydrogen-bond acceptors (Lipinski definition) is 22. The molecule has 9 heterocycles. The number of pyridine rings is 1. The molecule has 2 saturated carbocycles. The van der Waals surface area contributed by atoms with Crippen LogP contribution in [0.25, 0.3) is 33.4 Å². The molecule has 9 aromatic rings. The maximum Gasteiger partial charge on any atom is 0.312 e. The van der Waals surface area contributed by atoms with Gasteiger partial charge in [0.05, 0.1) is 5.52 Å². The molecular weight excluding hydrogens is 1600 g/mol. The fourth-order valence-corrected chi connectivity index (χ4v) is 15.4. The van der Waals surface area contributed by atoms with Gasteiger partial charge in [0.15, 0.2) is 85.8 Å². The van der Waals surface area contributed by atoms with Crippen molar-refractivity contribution in [3.63, 3.8) is 0 Å². The fraction of sp³-hybridized carbons (Fsp3) is 0.471. The molecule has 5 aliphatic rings. The van der Waals surface area contributed by atoms with Gasteiger partial charge in [-0.2, -0.15) is 28.7 Å². The molecule has 25 nitrogen and oxygen atoms in total. The molecule has 9 N–H and O–H groups in total. The molecule has 3 aromatic carbocycles. The second-order valence-corrected chi connectivity index (χ2v) is 29.2. The lowest BCUT2D eigenvalue weighted by atomic mass is 9.78. The SMILES string of the molecule is CC(C)NCCCn1c(Cc2cc3c(cc2[124I])OCO3)nc2c(N)nccc21.C[C@H](O)C(=O)C1CCC(CCn2c(Cc3cc4c(cc3[124I])OCO4)nc3c(N)nc(F)nc32)CC1.C[C@H](O)C(=O)C1CCC(CCn2c(Cc3cc4c(cc3[131I])OCO4)nc3c(N)nc(F)nc32)CC1. The molecule has 14 rings (SSSR count). The van der Waals surface area contributed by atoms with E-state index < -0.39 is 24.4 Å². The summed E-state index contributed by atoms with van der Waals surface area (Å²) in [6.45, 7) is 11.1. The van der Waals surface area contributed by atoms with E-state index in [9.17, 15) is 28.6 Å². The summed E-state index contributed by atoms with van der Waals surface area (Å²) in [5.74, 6) is 7.94. The van der Waals surface area contributed by atoms with Gasteiger partial charge in [-0.3, -0.25) is 9.59 Å². The number of rotatable bonds is 21. The second kappa shape index (κ2) is 31.2. The number of carbonyl (C=O) groups excluding carboxylic acids is 2. The van der Waals surface area contributed by atoms with E-state index >= 15 is 0 Å². The number of nitrogen functional groups attached to an aromatic ring is 3. The number of halogens is 5. The normalized spacial score (nSPS) is 18.2. The lowest BCUT2D eigenvalue weighted by Crippen LogP contribution is -2.29. The quantitative estimate of drug-likeness (QED) is 0.0221. The number of aryl methyl sites for hydroxylation is 3. The lowest BCUT2D eigenvalue weighted by Gasteiger charge is -2.28. The van der Waals surface area contributed by atoms with Crippen LogP contribution in [-0.2, 0) is 48.5 Å². The first-order valence-electron chi connectivity index (χ1n) is 33.0. The number of imidazole rings is 3. The van der Waals surface area contributed by atoms with Crippen molar-refractivity contribution in [1.29, 1.82) is 0 Å². The monoisotopic (exact) mass is 1680 g/mol. The third kappa shape index (κ3) is 16.2. The van der Waals surface area contributed by atoms with Crippen molar-refractivity contribution in [1.82, 2.24) is 58.9 Å². The minimum absolute atomic E-state index is 0.0185. The topological polar surface area (TPSA) is 338 Å². The first-order valence-corrected chi connectivity index (χ1v) is 36.2. The molecule has 0 unspecified atom stereocenters. The van der Waals surface area contributed by atoms with Gasteiger partial charge in [0.1, 0.15) is 35.2 Å². The maximum absolute atomic E-state index is 14.1. The number of nitrogens with two attached hydrogens (primary N) is 3. The van der Waals surface area contributed by atoms with Crippen LogP contribution in [0, 0.1) is 46.5 Å². The zero-order chi connectivity index (χ0) is 69.1. The van der Waals surface area contributed by atoms with Gasteiger partial charge in [-0.05, 0) is 230 Å². The molecule has 2 atom stereocenters. The lowest BCUT2D eigenvalue weighted by molar-refractivity contribution is -0.132. The predicted molar refractivity (Wildman–Crippen MR) is 387 cm³/mol. The van der Waals surface area contributed by atoms with E-state index in [-0.39, 0.29) is 55.4 Å². The predicted octanol–water partition coefficient (Wildman–Crippen LogP) is 10.6. The number of aliphatic hydroxyl groups excluding tert-OH is 2. The van der Waals surface area contributed by atoms with E-state index in [0.717, 1.165) is 151 Å². The molecule has 3 aliphatic heterocycles. The molecule has 0 spiro atoms. The number of ether oxygens (including phenoxy) is 6. The van der Waals surface area contributed by atoms with Gasteiger partial charge in [-0.1, -0.05) is 13.8 Å². The van der Waals surface area contributed by atoms with Gasteiger partial charge in [0.2, 0.25) is 20.4 Å². The van der Waals surface area contributed by atoms with Crippen molar-refractivity contribution in [2.24, 2.45) is 23.7 Å². The standard InChI is InChI=1S/2C24H27FIN5O4.C20H24IN5O2/c2*1-12(32)21(33)14-4-2-13(3-5-14)6-7-31-19(28-20-22(27)29-24(25)30-23(20)31)9-15-8-17-18(10-16(15)26)35-11-34-17;1-12(2)23-5-3-7-26-15-4-6-24-20(22)19(15)25-18(26)9-13-8-16-17(10-14(13)21)28-11-27-16/h2*8,10,12-14,32H,2-7,9,11H2,1H3,(H2,27,29,30);4,6,8,10,12,23H,3,5,7,9,11H2,1-2H3,(H2,22,24)/t2*12-,13?,14?;/m00./s1/i26+4;26-3;21-3. The number of aromatic nitrogens is 11. The van der Waals surface area contributed by atoms with E-state index in [1.165, 1.54) is 13.8 Å². The van der Waals surface area contributed by atoms with Crippen LogP contribution in [0.15, 0.2) is 48.7 Å². The number of hydrogen-bond donors (Lipinski definition) is 6. The minimum Gasteiger partial charge on any atom is -0.454 e. The summed E-state index contributed by atoms with van der Waals surface area (Å²) >= 11 is 6.86. The Kier molecular flexibility index (Phi) is 22.5. The highest BCUT2D eigenvalue weighted by Gasteiger charge is 2.32. The van der Waals surface area contributed by atoms with Crippen LogP contribution >= 0.6 is 67.8 Å². The number of carbonyl (C=O) groups is 2. The zero-order valence-corrected chi connectivity index (χ0v) is 61.2. The highest BCUT2D eigenvalue weighted by Crippen LogP contribution is 2.41. The van der Waals surface area contributed by atoms with Gasteiger partial charge in [0.25, 0.3) is 0 Å². The molecule has 2 aliphatic carbocycles. The van der Waals surface area contributed by atoms with Crippen molar-refractivity contribution in [3.05, 3.63) is 106 Å². The first kappa shape index (κ1) is 70.7. The van der Waals surface area contributed by atoms with Crippen molar-refractivity contribution in [2.45, 2.75) is 155 Å². The summed E-state index contributed by atoms with van der Waals surface area (Å²) in [6.07, 6.45) is 9.33. The Hall–Kier alpha value is -7.15. The molecule has 0 bridgehead atoms. The van der Waals surface area contributed by atoms with Gasteiger partial charge < -0.3 is 74.9 Å². The minimum atomic E-state index is -0.907. The Labute approximate surface area is 604 Å². The zero-order valence-electron chi connectivity index (χ0n) is 54.7. The molecule has 30 heteroatoms. The molecule has 98 heavy (non-hydrogen) atoms. The van der Waals surface area contributed by atoms with Crippen LogP contribution in [0.3, 0.4) is 0 Å². The molecule has 0 saturated heterocycles. The number of aliphatic hydroxyl groups is 2. The number of nitrogens with one attached hydrogen (secondary N) is 1. The van der Waals surface area contributed by atoms with Gasteiger partial charge in [-0.25, -0.2) is 19.9 Å². The van der Waals surface area contributed by atoms with Crippen molar-refractivity contribution in [2.75, 3.05) is 44.1 Å². The molecule has 0 radical (unpaired) electrons. The number of Topliss-reactive ketones (excluding diaryl/α,β-unsaturated/α-hetero) is 2. The first-order chi connectivity index (χ1) is 47.1. The second-order valence-electron chi connectivity index (χ2n) is 25.8. The Morgan fingerprint density at radius 3 is 1.42 bits per heavy atom. The summed E-state index contributed by atoms with van der Waals surface area (Å²) in [6, 6.07) is 14.3. The fourth-order valence-electron chi connectivity index (χ4n) is 13.5. The van der Waals surface area contributed by atoms with Gasteiger partial charge in [-0.15, -0.1) is 0 Å². The van der Waals surface area contributed by atoms with E-state index in [0.29, 0.717) is 101 Å². The van der Waals surface area contributed by atoms with Crippen LogP contribution in [0.4, 0.5) is 26.2 Å². The maximum atomic E-state index is 14.1. The smallest absolute Gasteiger partial charge is 0.312 e. The Morgan fingerprint density at radius 2 is 0.969 bits per heavy atom. The highest BCUT2D eigenvalue weighted by atomic mass is 131. The number of ketones is 2. The van der Waals surface area contributed by atoms with Crippen molar-refractivity contribution in [3.8, 4) is 34.5 Å². The summed E-state index contributed by atoms with van der Waals surface area (Å²) in [5.41, 5.74) is 24.6. The molecule has 2 fully saturated rings. The average Bonchev–Trinajstić information content (AvgIpc) is 1.64. The van der Waals surface area contributed by atoms with E-state index in [2.05, 4.69) is 122 Å². The largest absolute Gasteiger partial charge is 0.454 e. The third-order valence-corrected chi connectivity index (χ3v) is 21.8. The average molecular weight is 1680 g/mol. The van der Waals surface area contributed by atoms with E-state index in [1.807, 2.05) is 45.5 Å².